The van der Waals surface area contributed by atoms with Crippen LogP contribution in [-0.2, 0) is 4.79 Å². The molecule has 0 atom stereocenters. The molecular formula is C24H20N4O2. The molecule has 6 heteroatoms. The van der Waals surface area contributed by atoms with E-state index in [-0.39, 0.29) is 11.9 Å². The topological polar surface area (TPSA) is 60.2 Å². The maximum atomic E-state index is 11.7. The Kier molecular flexibility index (Phi) is 4.52. The normalized spacial score (nSPS) is 13.8. The highest BCUT2D eigenvalue weighted by atomic mass is 16.5. The van der Waals surface area contributed by atoms with Gasteiger partial charge in [-0.05, 0) is 48.5 Å². The smallest absolute Gasteiger partial charge is 0.246 e. The molecule has 2 aromatic heterocycles. The maximum absolute atomic E-state index is 11.7. The average Bonchev–Trinajstić information content (AvgIpc) is 3.17. The van der Waals surface area contributed by atoms with Crippen LogP contribution in [0.5, 0.6) is 11.5 Å². The zero-order valence-electron chi connectivity index (χ0n) is 16.3. The number of amides is 1. The summed E-state index contributed by atoms with van der Waals surface area (Å²) in [4.78, 5) is 22.9. The molecule has 0 bridgehead atoms. The van der Waals surface area contributed by atoms with E-state index in [1.807, 2.05) is 66.9 Å². The molecule has 2 aromatic carbocycles. The largest absolute Gasteiger partial charge is 0.457 e. The number of benzene rings is 2. The number of para-hydroxylation sites is 1. The monoisotopic (exact) mass is 396 g/mol. The lowest BCUT2D eigenvalue weighted by molar-refractivity contribution is -0.131. The first kappa shape index (κ1) is 18.1. The van der Waals surface area contributed by atoms with Crippen molar-refractivity contribution in [3.8, 4) is 22.8 Å². The second-order valence-electron chi connectivity index (χ2n) is 7.23. The van der Waals surface area contributed by atoms with E-state index in [1.54, 1.807) is 11.1 Å². The van der Waals surface area contributed by atoms with Gasteiger partial charge in [0.15, 0.2) is 5.65 Å². The van der Waals surface area contributed by atoms with Gasteiger partial charge < -0.3 is 14.2 Å². The Morgan fingerprint density at radius 2 is 1.77 bits per heavy atom. The summed E-state index contributed by atoms with van der Waals surface area (Å²) in [6.45, 7) is 4.86. The lowest BCUT2D eigenvalue weighted by Gasteiger charge is -2.39. The van der Waals surface area contributed by atoms with Crippen LogP contribution in [0.1, 0.15) is 6.04 Å². The molecule has 6 nitrogen and oxygen atoms in total. The van der Waals surface area contributed by atoms with Gasteiger partial charge in [-0.2, -0.15) is 0 Å². The van der Waals surface area contributed by atoms with E-state index in [4.69, 9.17) is 9.72 Å². The Bertz CT molecular complexity index is 1210. The Balaban J connectivity index is 1.37. The summed E-state index contributed by atoms with van der Waals surface area (Å²) in [7, 11) is 0. The van der Waals surface area contributed by atoms with Gasteiger partial charge in [-0.25, -0.2) is 4.98 Å². The van der Waals surface area contributed by atoms with Gasteiger partial charge >= 0.3 is 0 Å². The number of rotatable bonds is 5. The summed E-state index contributed by atoms with van der Waals surface area (Å²) in [6, 6.07) is 19.7. The zero-order valence-corrected chi connectivity index (χ0v) is 16.3. The highest BCUT2D eigenvalue weighted by Crippen LogP contribution is 2.28. The van der Waals surface area contributed by atoms with Gasteiger partial charge in [0.05, 0.1) is 17.9 Å². The SMILES string of the molecule is C=CC(=O)N1CC(n2ccc3ncc(-c4ccc(Oc5ccccc5)cc4)nc32)C1. The number of aromatic nitrogens is 3. The number of fused-ring (bicyclic) bond motifs is 1. The van der Waals surface area contributed by atoms with Gasteiger partial charge in [0, 0.05) is 24.8 Å². The third kappa shape index (κ3) is 3.33. The quantitative estimate of drug-likeness (QED) is 0.467. The summed E-state index contributed by atoms with van der Waals surface area (Å²) < 4.78 is 7.96. The summed E-state index contributed by atoms with van der Waals surface area (Å²) in [5.41, 5.74) is 3.44. The minimum absolute atomic E-state index is 0.0349. The van der Waals surface area contributed by atoms with E-state index in [0.717, 1.165) is 33.9 Å². The van der Waals surface area contributed by atoms with Crippen LogP contribution < -0.4 is 4.74 Å². The molecule has 4 aromatic rings. The first-order valence-corrected chi connectivity index (χ1v) is 9.79. The van der Waals surface area contributed by atoms with Gasteiger partial charge in [-0.1, -0.05) is 24.8 Å². The molecule has 1 saturated heterocycles. The van der Waals surface area contributed by atoms with E-state index in [9.17, 15) is 4.79 Å². The summed E-state index contributed by atoms with van der Waals surface area (Å²) >= 11 is 0. The summed E-state index contributed by atoms with van der Waals surface area (Å²) in [5.74, 6) is 1.53. The molecule has 1 fully saturated rings. The lowest BCUT2D eigenvalue weighted by Crippen LogP contribution is -2.50. The number of nitrogens with zero attached hydrogens (tertiary/aromatic N) is 4. The van der Waals surface area contributed by atoms with Crippen LogP contribution in [0.25, 0.3) is 22.4 Å². The average molecular weight is 396 g/mol. The second-order valence-corrected chi connectivity index (χ2v) is 7.23. The van der Waals surface area contributed by atoms with Gasteiger partial charge in [0.2, 0.25) is 5.91 Å². The Morgan fingerprint density at radius 3 is 2.50 bits per heavy atom. The standard InChI is InChI=1S/C24H20N4O2/c1-2-23(29)27-15-18(16-27)28-13-12-21-24(28)26-22(14-25-21)17-8-10-20(11-9-17)30-19-6-4-3-5-7-19/h2-14,18H,1,15-16H2. The summed E-state index contributed by atoms with van der Waals surface area (Å²) in [6.07, 6.45) is 5.13. The van der Waals surface area contributed by atoms with Crippen LogP contribution in [0.2, 0.25) is 0 Å². The predicted octanol–water partition coefficient (Wildman–Crippen LogP) is 4.46. The lowest BCUT2D eigenvalue weighted by atomic mass is 10.1. The molecule has 1 aliphatic rings. The van der Waals surface area contributed by atoms with Crippen LogP contribution in [0.3, 0.4) is 0 Å². The highest BCUT2D eigenvalue weighted by molar-refractivity contribution is 5.87. The van der Waals surface area contributed by atoms with Crippen molar-refractivity contribution in [1.82, 2.24) is 19.4 Å². The first-order chi connectivity index (χ1) is 14.7. The number of hydrogen-bond donors (Lipinski definition) is 0. The van der Waals surface area contributed by atoms with Crippen molar-refractivity contribution in [2.45, 2.75) is 6.04 Å². The Hall–Kier alpha value is -3.93. The number of carbonyl (C=O) groups excluding carboxylic acids is 1. The molecule has 3 heterocycles. The molecule has 0 unspecified atom stereocenters. The minimum atomic E-state index is -0.0349. The molecular weight excluding hydrogens is 376 g/mol. The number of hydrogen-bond acceptors (Lipinski definition) is 4. The van der Waals surface area contributed by atoms with E-state index in [2.05, 4.69) is 16.1 Å². The van der Waals surface area contributed by atoms with E-state index < -0.39 is 0 Å². The molecule has 148 valence electrons. The van der Waals surface area contributed by atoms with Crippen molar-refractivity contribution in [1.29, 1.82) is 0 Å². The van der Waals surface area contributed by atoms with Crippen LogP contribution in [0.15, 0.2) is 85.7 Å². The van der Waals surface area contributed by atoms with Gasteiger partial charge in [-0.15, -0.1) is 0 Å². The molecule has 5 rings (SSSR count). The summed E-state index contributed by atoms with van der Waals surface area (Å²) in [5, 5.41) is 0. The Morgan fingerprint density at radius 1 is 1.03 bits per heavy atom. The van der Waals surface area contributed by atoms with Gasteiger partial charge in [-0.3, -0.25) is 9.78 Å². The zero-order chi connectivity index (χ0) is 20.5. The third-order valence-electron chi connectivity index (χ3n) is 5.29. The van der Waals surface area contributed by atoms with Crippen molar-refractivity contribution in [2.75, 3.05) is 13.1 Å². The molecule has 0 radical (unpaired) electrons. The maximum Gasteiger partial charge on any atom is 0.246 e. The first-order valence-electron chi connectivity index (χ1n) is 9.79. The van der Waals surface area contributed by atoms with E-state index >= 15 is 0 Å². The van der Waals surface area contributed by atoms with E-state index in [0.29, 0.717) is 13.1 Å². The van der Waals surface area contributed by atoms with Crippen LogP contribution in [-0.4, -0.2) is 38.4 Å². The van der Waals surface area contributed by atoms with Crippen LogP contribution in [0, 0.1) is 0 Å². The third-order valence-corrected chi connectivity index (χ3v) is 5.29. The predicted molar refractivity (Wildman–Crippen MR) is 115 cm³/mol. The van der Waals surface area contributed by atoms with Crippen LogP contribution >= 0.6 is 0 Å². The highest BCUT2D eigenvalue weighted by Gasteiger charge is 2.31. The van der Waals surface area contributed by atoms with Crippen molar-refractivity contribution >= 4 is 17.1 Å². The fourth-order valence-electron chi connectivity index (χ4n) is 3.61. The molecule has 1 amide bonds. The molecule has 1 aliphatic heterocycles. The minimum Gasteiger partial charge on any atom is -0.457 e. The Labute approximate surface area is 174 Å². The molecule has 0 N–H and O–H groups in total. The van der Waals surface area contributed by atoms with Crippen molar-refractivity contribution in [3.63, 3.8) is 0 Å². The van der Waals surface area contributed by atoms with Gasteiger partial charge in [0.25, 0.3) is 0 Å². The molecule has 30 heavy (non-hydrogen) atoms. The van der Waals surface area contributed by atoms with Crippen molar-refractivity contribution in [3.05, 3.63) is 85.7 Å². The van der Waals surface area contributed by atoms with Gasteiger partial charge in [0.1, 0.15) is 17.0 Å². The molecule has 0 aliphatic carbocycles. The number of carbonyl (C=O) groups is 1. The van der Waals surface area contributed by atoms with Crippen LogP contribution in [0.4, 0.5) is 0 Å². The fraction of sp³-hybridized carbons (Fsp3) is 0.125. The van der Waals surface area contributed by atoms with Crippen molar-refractivity contribution in [2.24, 2.45) is 0 Å². The second kappa shape index (κ2) is 7.48. The molecule has 0 saturated carbocycles. The molecule has 0 spiro atoms. The fourth-order valence-corrected chi connectivity index (χ4v) is 3.61. The van der Waals surface area contributed by atoms with E-state index in [1.165, 1.54) is 6.08 Å². The number of ether oxygens (including phenoxy) is 1. The number of likely N-dealkylation sites (tertiary alicyclic amines) is 1. The van der Waals surface area contributed by atoms with Crippen molar-refractivity contribution < 1.29 is 9.53 Å².